The number of carbonyl (C=O) groups is 1. The molecule has 3 rings (SSSR count). The summed E-state index contributed by atoms with van der Waals surface area (Å²) >= 11 is 1.49. The molecule has 0 unspecified atom stereocenters. The Morgan fingerprint density at radius 3 is 2.67 bits per heavy atom. The van der Waals surface area contributed by atoms with Crippen LogP contribution in [0.25, 0.3) is 10.2 Å². The minimum absolute atomic E-state index is 0.155. The lowest BCUT2D eigenvalue weighted by Crippen LogP contribution is -2.21. The molecular formula is C20H22N2O4S. The summed E-state index contributed by atoms with van der Waals surface area (Å²) in [6.45, 7) is 3.05. The molecule has 6 nitrogen and oxygen atoms in total. The van der Waals surface area contributed by atoms with E-state index in [1.54, 1.807) is 26.4 Å². The molecule has 0 aliphatic rings. The zero-order chi connectivity index (χ0) is 19.2. The molecule has 0 N–H and O–H groups in total. The van der Waals surface area contributed by atoms with E-state index in [4.69, 9.17) is 14.2 Å². The maximum atomic E-state index is 12.4. The minimum Gasteiger partial charge on any atom is -0.493 e. The number of rotatable bonds is 7. The summed E-state index contributed by atoms with van der Waals surface area (Å²) in [4.78, 5) is 17.3. The van der Waals surface area contributed by atoms with Crippen molar-refractivity contribution in [1.29, 1.82) is 0 Å². The molecule has 7 heteroatoms. The van der Waals surface area contributed by atoms with Crippen LogP contribution in [0.4, 0.5) is 0 Å². The highest BCUT2D eigenvalue weighted by Gasteiger charge is 2.10. The van der Waals surface area contributed by atoms with E-state index in [1.165, 1.54) is 16.9 Å². The summed E-state index contributed by atoms with van der Waals surface area (Å²) in [5, 5.41) is 0. The number of carbonyl (C=O) groups excluding carboxylic acids is 1. The lowest BCUT2D eigenvalue weighted by molar-refractivity contribution is -0.120. The van der Waals surface area contributed by atoms with Gasteiger partial charge in [-0.3, -0.25) is 4.79 Å². The first kappa shape index (κ1) is 19.1. The standard InChI is InChI=1S/C20H22N2O4S/c1-14-8-9-15-18(12-14)27-20(22(15)10-11-24-2)21-19(23)13-26-17-7-5-4-6-16(17)25-3/h4-9,12H,10-11,13H2,1-3H3. The maximum Gasteiger partial charge on any atom is 0.286 e. The number of ether oxygens (including phenoxy) is 3. The van der Waals surface area contributed by atoms with Crippen LogP contribution in [0.5, 0.6) is 11.5 Å². The zero-order valence-corrected chi connectivity index (χ0v) is 16.4. The number of hydrogen-bond donors (Lipinski definition) is 0. The van der Waals surface area contributed by atoms with E-state index in [1.807, 2.05) is 29.7 Å². The van der Waals surface area contributed by atoms with Crippen molar-refractivity contribution in [3.8, 4) is 11.5 Å². The Morgan fingerprint density at radius 1 is 1.15 bits per heavy atom. The number of methoxy groups -OCH3 is 2. The van der Waals surface area contributed by atoms with Crippen LogP contribution in [0.2, 0.25) is 0 Å². The molecule has 0 aliphatic heterocycles. The van der Waals surface area contributed by atoms with Crippen LogP contribution >= 0.6 is 11.3 Å². The summed E-state index contributed by atoms with van der Waals surface area (Å²) in [6.07, 6.45) is 0. The van der Waals surface area contributed by atoms with Crippen LogP contribution in [0.15, 0.2) is 47.5 Å². The quantitative estimate of drug-likeness (QED) is 0.626. The predicted molar refractivity (Wildman–Crippen MR) is 105 cm³/mol. The summed E-state index contributed by atoms with van der Waals surface area (Å²) in [7, 11) is 3.22. The maximum absolute atomic E-state index is 12.4. The average Bonchev–Trinajstić information content (AvgIpc) is 3.00. The Hall–Kier alpha value is -2.64. The fourth-order valence-electron chi connectivity index (χ4n) is 2.68. The molecule has 1 heterocycles. The van der Waals surface area contributed by atoms with E-state index >= 15 is 0 Å². The molecule has 0 radical (unpaired) electrons. The summed E-state index contributed by atoms with van der Waals surface area (Å²) < 4.78 is 19.1. The van der Waals surface area contributed by atoms with Crippen LogP contribution in [-0.2, 0) is 16.1 Å². The van der Waals surface area contributed by atoms with Gasteiger partial charge in [-0.1, -0.05) is 29.5 Å². The monoisotopic (exact) mass is 386 g/mol. The molecule has 0 saturated carbocycles. The van der Waals surface area contributed by atoms with E-state index in [-0.39, 0.29) is 12.5 Å². The van der Waals surface area contributed by atoms with E-state index in [0.29, 0.717) is 29.5 Å². The van der Waals surface area contributed by atoms with E-state index in [0.717, 1.165) is 10.2 Å². The second kappa shape index (κ2) is 8.83. The molecule has 0 spiro atoms. The smallest absolute Gasteiger partial charge is 0.286 e. The Bertz CT molecular complexity index is 1010. The van der Waals surface area contributed by atoms with Crippen molar-refractivity contribution in [3.05, 3.63) is 52.8 Å². The van der Waals surface area contributed by atoms with Gasteiger partial charge in [0.05, 0.1) is 23.9 Å². The molecule has 27 heavy (non-hydrogen) atoms. The van der Waals surface area contributed by atoms with Crippen molar-refractivity contribution < 1.29 is 19.0 Å². The fourth-order valence-corrected chi connectivity index (χ4v) is 3.85. The van der Waals surface area contributed by atoms with Crippen molar-refractivity contribution in [3.63, 3.8) is 0 Å². The SMILES string of the molecule is COCCn1c(=NC(=O)COc2ccccc2OC)sc2cc(C)ccc21. The van der Waals surface area contributed by atoms with Crippen molar-refractivity contribution in [2.75, 3.05) is 27.4 Å². The number of thiazole rings is 1. The Morgan fingerprint density at radius 2 is 1.93 bits per heavy atom. The second-order valence-electron chi connectivity index (χ2n) is 5.95. The first-order valence-corrected chi connectivity index (χ1v) is 9.36. The zero-order valence-electron chi connectivity index (χ0n) is 15.6. The van der Waals surface area contributed by atoms with Crippen LogP contribution in [0.1, 0.15) is 5.56 Å². The van der Waals surface area contributed by atoms with Crippen LogP contribution in [0, 0.1) is 6.92 Å². The third-order valence-electron chi connectivity index (χ3n) is 4.00. The number of hydrogen-bond acceptors (Lipinski definition) is 5. The largest absolute Gasteiger partial charge is 0.493 e. The fraction of sp³-hybridized carbons (Fsp3) is 0.300. The molecule has 2 aromatic carbocycles. The van der Waals surface area contributed by atoms with E-state index in [9.17, 15) is 4.79 Å². The average molecular weight is 386 g/mol. The van der Waals surface area contributed by atoms with Gasteiger partial charge in [0.15, 0.2) is 22.9 Å². The second-order valence-corrected chi connectivity index (χ2v) is 6.95. The number of benzene rings is 2. The van der Waals surface area contributed by atoms with Gasteiger partial charge in [-0.05, 0) is 36.8 Å². The van der Waals surface area contributed by atoms with Gasteiger partial charge in [-0.25, -0.2) is 0 Å². The molecule has 0 atom stereocenters. The summed E-state index contributed by atoms with van der Waals surface area (Å²) in [5.74, 6) is 0.746. The highest BCUT2D eigenvalue weighted by Crippen LogP contribution is 2.25. The van der Waals surface area contributed by atoms with Crippen LogP contribution < -0.4 is 14.3 Å². The van der Waals surface area contributed by atoms with E-state index < -0.39 is 0 Å². The number of para-hydroxylation sites is 2. The molecule has 3 aromatic rings. The minimum atomic E-state index is -0.352. The highest BCUT2D eigenvalue weighted by atomic mass is 32.1. The van der Waals surface area contributed by atoms with Crippen molar-refractivity contribution in [2.24, 2.45) is 4.99 Å². The molecule has 1 aromatic heterocycles. The van der Waals surface area contributed by atoms with Crippen molar-refractivity contribution >= 4 is 27.5 Å². The number of amides is 1. The normalized spacial score (nSPS) is 11.7. The molecule has 0 saturated heterocycles. The molecule has 0 fully saturated rings. The van der Waals surface area contributed by atoms with Gasteiger partial charge in [0, 0.05) is 13.7 Å². The van der Waals surface area contributed by atoms with Crippen LogP contribution in [0.3, 0.4) is 0 Å². The number of aryl methyl sites for hydroxylation is 1. The number of aromatic nitrogens is 1. The Balaban J connectivity index is 1.86. The Kier molecular flexibility index (Phi) is 6.26. The predicted octanol–water partition coefficient (Wildman–Crippen LogP) is 3.17. The lowest BCUT2D eigenvalue weighted by Gasteiger charge is -2.08. The van der Waals surface area contributed by atoms with Crippen LogP contribution in [-0.4, -0.2) is 37.9 Å². The van der Waals surface area contributed by atoms with Gasteiger partial charge in [0.2, 0.25) is 0 Å². The van der Waals surface area contributed by atoms with Gasteiger partial charge in [-0.15, -0.1) is 0 Å². The first-order chi connectivity index (χ1) is 13.1. The topological polar surface area (TPSA) is 62.1 Å². The molecular weight excluding hydrogens is 364 g/mol. The van der Waals surface area contributed by atoms with Crippen molar-refractivity contribution in [1.82, 2.24) is 4.57 Å². The summed E-state index contributed by atoms with van der Waals surface area (Å²) in [6, 6.07) is 13.4. The van der Waals surface area contributed by atoms with Gasteiger partial charge in [0.1, 0.15) is 0 Å². The molecule has 0 aliphatic carbocycles. The number of nitrogens with zero attached hydrogens (tertiary/aromatic N) is 2. The highest BCUT2D eigenvalue weighted by molar-refractivity contribution is 7.16. The first-order valence-electron chi connectivity index (χ1n) is 8.54. The third-order valence-corrected chi connectivity index (χ3v) is 5.04. The molecule has 1 amide bonds. The van der Waals surface area contributed by atoms with Gasteiger partial charge < -0.3 is 18.8 Å². The third kappa shape index (κ3) is 4.56. The summed E-state index contributed by atoms with van der Waals surface area (Å²) in [5.41, 5.74) is 2.21. The molecule has 142 valence electrons. The number of fused-ring (bicyclic) bond motifs is 1. The van der Waals surface area contributed by atoms with Crippen molar-refractivity contribution in [2.45, 2.75) is 13.5 Å². The Labute approximate surface area is 161 Å². The van der Waals surface area contributed by atoms with E-state index in [2.05, 4.69) is 17.1 Å². The molecule has 0 bridgehead atoms. The van der Waals surface area contributed by atoms with Gasteiger partial charge in [-0.2, -0.15) is 4.99 Å². The lowest BCUT2D eigenvalue weighted by atomic mass is 10.2. The van der Waals surface area contributed by atoms with Gasteiger partial charge in [0.25, 0.3) is 5.91 Å². The van der Waals surface area contributed by atoms with Gasteiger partial charge >= 0.3 is 0 Å².